The SMILES string of the molecule is CC(C)C(O)C(C)(C)C1CCC(F)(F)CC1.CC(C)C(O)C(F)(F)C1(C)C(C)(C)C(F)(F)C1(C)C.CC(C)C(O)C(F)(F)C1(C)CC(F)(F)C1.CC(C)C(O)C(F)(F)C1C(C)(C)C(F)(F)C1(C)C. The predicted molar refractivity (Wildman–Crippen MR) is 238 cm³/mol. The number of alkyl halides is 14. The molecule has 4 fully saturated rings. The molecule has 4 aliphatic rings. The van der Waals surface area contributed by atoms with Crippen molar-refractivity contribution >= 4 is 0 Å². The topological polar surface area (TPSA) is 80.9 Å². The molecule has 4 rings (SSSR count). The molecule has 0 saturated heterocycles. The first-order valence-corrected chi connectivity index (χ1v) is 23.9. The van der Waals surface area contributed by atoms with Crippen LogP contribution >= 0.6 is 0 Å². The molecule has 0 bridgehead atoms. The van der Waals surface area contributed by atoms with Crippen molar-refractivity contribution in [3.8, 4) is 0 Å². The third-order valence-electron chi connectivity index (χ3n) is 17.5. The fraction of sp³-hybridized carbons (Fsp3) is 1.00. The predicted octanol–water partition coefficient (Wildman–Crippen LogP) is 15.2. The van der Waals surface area contributed by atoms with Crippen LogP contribution in [0.5, 0.6) is 0 Å². The lowest BCUT2D eigenvalue weighted by molar-refractivity contribution is -0.434. The average molecular weight is 1020 g/mol. The lowest BCUT2D eigenvalue weighted by atomic mass is 9.34. The van der Waals surface area contributed by atoms with Crippen LogP contribution in [0.4, 0.5) is 61.5 Å². The third-order valence-corrected chi connectivity index (χ3v) is 17.5. The van der Waals surface area contributed by atoms with Crippen molar-refractivity contribution < 1.29 is 81.9 Å². The average Bonchev–Trinajstić information content (AvgIpc) is 3.14. The lowest BCUT2D eigenvalue weighted by Gasteiger charge is -2.72. The van der Waals surface area contributed by atoms with Gasteiger partial charge in [-0.2, -0.15) is 0 Å². The second kappa shape index (κ2) is 19.6. The van der Waals surface area contributed by atoms with Gasteiger partial charge in [0.2, 0.25) is 11.8 Å². The Bertz CT molecular complexity index is 1610. The van der Waals surface area contributed by atoms with Crippen molar-refractivity contribution in [2.45, 2.75) is 243 Å². The Hall–Kier alpha value is -1.14. The first-order chi connectivity index (χ1) is 29.5. The molecule has 4 nitrogen and oxygen atoms in total. The molecule has 0 heterocycles. The van der Waals surface area contributed by atoms with Crippen LogP contribution in [-0.2, 0) is 0 Å². The molecule has 0 spiro atoms. The zero-order chi connectivity index (χ0) is 55.0. The molecule has 4 aliphatic carbocycles. The highest BCUT2D eigenvalue weighted by Crippen LogP contribution is 2.80. The van der Waals surface area contributed by atoms with E-state index in [9.17, 15) is 81.9 Å². The minimum atomic E-state index is -3.59. The smallest absolute Gasteiger partial charge is 0.280 e. The normalized spacial score (nSPS) is 27.1. The van der Waals surface area contributed by atoms with Gasteiger partial charge >= 0.3 is 0 Å². The number of aliphatic hydroxyl groups is 4. The van der Waals surface area contributed by atoms with Gasteiger partial charge in [0.25, 0.3) is 29.6 Å². The van der Waals surface area contributed by atoms with Crippen LogP contribution in [0.25, 0.3) is 0 Å². The van der Waals surface area contributed by atoms with E-state index in [1.54, 1.807) is 0 Å². The van der Waals surface area contributed by atoms with Crippen molar-refractivity contribution in [3.63, 3.8) is 0 Å². The Labute approximate surface area is 397 Å². The fourth-order valence-electron chi connectivity index (χ4n) is 12.3. The van der Waals surface area contributed by atoms with Crippen molar-refractivity contribution in [2.75, 3.05) is 0 Å². The summed E-state index contributed by atoms with van der Waals surface area (Å²) in [5.74, 6) is -25.6. The Morgan fingerprint density at radius 2 is 0.750 bits per heavy atom. The van der Waals surface area contributed by atoms with E-state index in [0.717, 1.165) is 69.2 Å². The first kappa shape index (κ1) is 64.9. The minimum absolute atomic E-state index is 0.0219. The maximum atomic E-state index is 14.6. The summed E-state index contributed by atoms with van der Waals surface area (Å²) in [6.45, 7) is 28.1. The summed E-state index contributed by atoms with van der Waals surface area (Å²) in [5, 5.41) is 38.9. The summed E-state index contributed by atoms with van der Waals surface area (Å²) in [6.07, 6.45) is -6.80. The standard InChI is InChI=1S/C14H24F4O.C13H22F4O.C13H24F2O.C10H16F4O/c1-8(2)9(19)13(15,16)12(7)10(3,4)14(17,18)11(12,5)6;1-7(2)8(18)12(14,15)9-10(3,4)13(16,17)11(9,5)6;1-9(2)11(16)12(3,4)10-5-7-13(14,15)8-6-10;1-6(2)7(15)10(13,14)8(3)4-9(11,12)5-8/h8-9,19H,1-7H3;7-9,18H,1-6H3;9-11,16H,5-8H2,1-4H3;6-7,15H,4-5H2,1-3H3. The zero-order valence-corrected chi connectivity index (χ0v) is 44.1. The van der Waals surface area contributed by atoms with E-state index in [0.29, 0.717) is 12.8 Å². The maximum Gasteiger partial charge on any atom is 0.280 e. The number of halogens is 14. The van der Waals surface area contributed by atoms with E-state index < -0.39 is 135 Å². The van der Waals surface area contributed by atoms with E-state index in [1.807, 2.05) is 27.7 Å². The van der Waals surface area contributed by atoms with Gasteiger partial charge in [-0.3, -0.25) is 0 Å². The molecule has 0 radical (unpaired) electrons. The summed E-state index contributed by atoms with van der Waals surface area (Å²) >= 11 is 0. The molecule has 0 aromatic heterocycles. The van der Waals surface area contributed by atoms with Gasteiger partial charge < -0.3 is 20.4 Å². The molecule has 4 unspecified atom stereocenters. The minimum Gasteiger partial charge on any atom is -0.392 e. The second-order valence-electron chi connectivity index (χ2n) is 25.3. The summed E-state index contributed by atoms with van der Waals surface area (Å²) < 4.78 is 193. The molecule has 0 aromatic rings. The van der Waals surface area contributed by atoms with Gasteiger partial charge in [0.05, 0.1) is 11.5 Å². The molecule has 18 heteroatoms. The molecule has 0 aliphatic heterocycles. The van der Waals surface area contributed by atoms with Gasteiger partial charge in [0, 0.05) is 58.7 Å². The number of hydrogen-bond donors (Lipinski definition) is 4. The van der Waals surface area contributed by atoms with Crippen molar-refractivity contribution in [3.05, 3.63) is 0 Å². The van der Waals surface area contributed by atoms with E-state index in [-0.39, 0.29) is 30.1 Å². The van der Waals surface area contributed by atoms with Crippen LogP contribution in [0.1, 0.15) is 177 Å². The van der Waals surface area contributed by atoms with Crippen LogP contribution < -0.4 is 0 Å². The van der Waals surface area contributed by atoms with Gasteiger partial charge in [-0.15, -0.1) is 0 Å². The molecule has 0 amide bonds. The van der Waals surface area contributed by atoms with Gasteiger partial charge in [0.15, 0.2) is 0 Å². The molecule has 408 valence electrons. The Kier molecular flexibility index (Phi) is 18.7. The number of aliphatic hydroxyl groups excluding tert-OH is 4. The number of hydrogen-bond acceptors (Lipinski definition) is 4. The van der Waals surface area contributed by atoms with Crippen LogP contribution in [0.15, 0.2) is 0 Å². The van der Waals surface area contributed by atoms with Crippen LogP contribution in [-0.4, -0.2) is 86.3 Å². The Morgan fingerprint density at radius 3 is 1.04 bits per heavy atom. The Balaban J connectivity index is 0.000000455. The molecule has 68 heavy (non-hydrogen) atoms. The van der Waals surface area contributed by atoms with Gasteiger partial charge in [-0.1, -0.05) is 138 Å². The van der Waals surface area contributed by atoms with Crippen LogP contribution in [0.2, 0.25) is 0 Å². The van der Waals surface area contributed by atoms with Crippen molar-refractivity contribution in [1.82, 2.24) is 0 Å². The molecule has 4 N–H and O–H groups in total. The zero-order valence-electron chi connectivity index (χ0n) is 44.1. The van der Waals surface area contributed by atoms with Crippen LogP contribution in [0, 0.1) is 73.4 Å². The van der Waals surface area contributed by atoms with Crippen molar-refractivity contribution in [1.29, 1.82) is 0 Å². The lowest BCUT2D eigenvalue weighted by Crippen LogP contribution is -2.81. The first-order valence-electron chi connectivity index (χ1n) is 23.9. The highest BCUT2D eigenvalue weighted by Gasteiger charge is 2.88. The fourth-order valence-corrected chi connectivity index (χ4v) is 12.3. The highest BCUT2D eigenvalue weighted by atomic mass is 19.3. The van der Waals surface area contributed by atoms with Gasteiger partial charge in [0.1, 0.15) is 18.3 Å². The third kappa shape index (κ3) is 10.5. The quantitative estimate of drug-likeness (QED) is 0.147. The van der Waals surface area contributed by atoms with Crippen molar-refractivity contribution in [2.24, 2.45) is 73.4 Å². The number of rotatable bonds is 12. The van der Waals surface area contributed by atoms with Gasteiger partial charge in [-0.25, -0.2) is 61.5 Å². The Morgan fingerprint density at radius 1 is 0.441 bits per heavy atom. The summed E-state index contributed by atoms with van der Waals surface area (Å²) in [4.78, 5) is 0. The largest absolute Gasteiger partial charge is 0.392 e. The molecule has 4 atom stereocenters. The van der Waals surface area contributed by atoms with E-state index >= 15 is 0 Å². The van der Waals surface area contributed by atoms with E-state index in [2.05, 4.69) is 0 Å². The van der Waals surface area contributed by atoms with Crippen LogP contribution in [0.3, 0.4) is 0 Å². The molecule has 0 aromatic carbocycles. The highest BCUT2D eigenvalue weighted by molar-refractivity contribution is 5.27. The molecular formula is C50H86F14O4. The van der Waals surface area contributed by atoms with E-state index in [1.165, 1.54) is 41.5 Å². The summed E-state index contributed by atoms with van der Waals surface area (Å²) in [7, 11) is 0. The second-order valence-corrected chi connectivity index (χ2v) is 25.3. The molecular weight excluding hydrogens is 931 g/mol. The van der Waals surface area contributed by atoms with Gasteiger partial charge in [-0.05, 0) is 47.8 Å². The maximum absolute atomic E-state index is 14.6. The van der Waals surface area contributed by atoms with E-state index in [4.69, 9.17) is 0 Å². The monoisotopic (exact) mass is 1020 g/mol. The summed E-state index contributed by atoms with van der Waals surface area (Å²) in [5.41, 5.74) is -11.4. The summed E-state index contributed by atoms with van der Waals surface area (Å²) in [6, 6.07) is 0. The molecule has 4 saturated carbocycles.